The van der Waals surface area contributed by atoms with Crippen LogP contribution in [0.2, 0.25) is 0 Å². The summed E-state index contributed by atoms with van der Waals surface area (Å²) < 4.78 is 15.9. The Morgan fingerprint density at radius 2 is 1.93 bits per heavy atom. The van der Waals surface area contributed by atoms with Crippen LogP contribution in [0.25, 0.3) is 11.0 Å². The third-order valence-electron chi connectivity index (χ3n) is 3.95. The number of fused-ring (bicyclic) bond motifs is 1. The molecule has 7 nitrogen and oxygen atoms in total. The summed E-state index contributed by atoms with van der Waals surface area (Å²) in [5.74, 6) is -1.15. The van der Waals surface area contributed by atoms with Gasteiger partial charge in [0, 0.05) is 29.9 Å². The molecular formula is C20H19NO6S. The molecule has 1 amide bonds. The molecule has 1 aromatic carbocycles. The number of furan rings is 1. The second-order valence-electron chi connectivity index (χ2n) is 6.01. The van der Waals surface area contributed by atoms with Gasteiger partial charge in [0.2, 0.25) is 17.5 Å². The van der Waals surface area contributed by atoms with Crippen molar-refractivity contribution >= 4 is 40.0 Å². The number of rotatable bonds is 8. The predicted octanol–water partition coefficient (Wildman–Crippen LogP) is 3.32. The molecule has 0 fully saturated rings. The van der Waals surface area contributed by atoms with Crippen LogP contribution in [0.15, 0.2) is 40.8 Å². The number of hydrogen-bond donors (Lipinski definition) is 1. The van der Waals surface area contributed by atoms with Crippen LogP contribution in [0.3, 0.4) is 0 Å². The lowest BCUT2D eigenvalue weighted by Gasteiger charge is -2.03. The molecule has 0 bridgehead atoms. The zero-order valence-corrected chi connectivity index (χ0v) is 16.3. The maximum atomic E-state index is 12.5. The van der Waals surface area contributed by atoms with E-state index in [-0.39, 0.29) is 24.1 Å². The van der Waals surface area contributed by atoms with E-state index in [1.165, 1.54) is 25.4 Å². The van der Waals surface area contributed by atoms with Crippen LogP contribution in [0.1, 0.15) is 37.6 Å². The molecule has 28 heavy (non-hydrogen) atoms. The van der Waals surface area contributed by atoms with Crippen molar-refractivity contribution in [3.63, 3.8) is 0 Å². The van der Waals surface area contributed by atoms with E-state index in [0.29, 0.717) is 22.6 Å². The van der Waals surface area contributed by atoms with Gasteiger partial charge < -0.3 is 19.2 Å². The number of para-hydroxylation sites is 1. The molecule has 2 heterocycles. The van der Waals surface area contributed by atoms with Crippen LogP contribution in [0.4, 0.5) is 0 Å². The fourth-order valence-corrected chi connectivity index (χ4v) is 3.53. The number of Topliss-reactive ketones (excluding diaryl/α,β-unsaturated/α-hetero) is 1. The highest BCUT2D eigenvalue weighted by Gasteiger charge is 2.23. The highest BCUT2D eigenvalue weighted by Crippen LogP contribution is 2.27. The van der Waals surface area contributed by atoms with Crippen molar-refractivity contribution in [1.29, 1.82) is 0 Å². The fourth-order valence-electron chi connectivity index (χ4n) is 2.65. The monoisotopic (exact) mass is 401 g/mol. The van der Waals surface area contributed by atoms with Crippen molar-refractivity contribution in [2.75, 3.05) is 13.7 Å². The topological polar surface area (TPSA) is 94.8 Å². The largest absolute Gasteiger partial charge is 0.451 e. The molecule has 0 saturated carbocycles. The van der Waals surface area contributed by atoms with Gasteiger partial charge in [0.05, 0.1) is 18.0 Å². The van der Waals surface area contributed by atoms with Gasteiger partial charge in [-0.2, -0.15) is 0 Å². The van der Waals surface area contributed by atoms with Crippen LogP contribution < -0.4 is 5.32 Å². The molecule has 3 aromatic rings. The third kappa shape index (κ3) is 4.47. The Bertz CT molecular complexity index is 1020. The smallest absolute Gasteiger partial charge is 0.375 e. The summed E-state index contributed by atoms with van der Waals surface area (Å²) in [6.07, 6.45) is 0. The normalized spacial score (nSPS) is 10.8. The first-order chi connectivity index (χ1) is 13.5. The van der Waals surface area contributed by atoms with Crippen LogP contribution in [0.5, 0.6) is 0 Å². The first kappa shape index (κ1) is 19.8. The Morgan fingerprint density at radius 1 is 1.14 bits per heavy atom. The minimum absolute atomic E-state index is 0.0355. The molecular weight excluding hydrogens is 382 g/mol. The first-order valence-corrected chi connectivity index (χ1v) is 9.34. The maximum absolute atomic E-state index is 12.5. The quantitative estimate of drug-likeness (QED) is 0.460. The van der Waals surface area contributed by atoms with Gasteiger partial charge in [-0.15, -0.1) is 11.3 Å². The summed E-state index contributed by atoms with van der Waals surface area (Å²) in [4.78, 5) is 37.0. The number of esters is 1. The molecule has 0 unspecified atom stereocenters. The highest BCUT2D eigenvalue weighted by molar-refractivity contribution is 7.14. The number of carbonyl (C=O) groups excluding carboxylic acids is 3. The molecule has 2 aromatic heterocycles. The number of benzene rings is 1. The molecule has 1 N–H and O–H groups in total. The van der Waals surface area contributed by atoms with Crippen molar-refractivity contribution in [3.8, 4) is 0 Å². The second kappa shape index (κ2) is 8.81. The highest BCUT2D eigenvalue weighted by atomic mass is 32.1. The Morgan fingerprint density at radius 3 is 2.68 bits per heavy atom. The summed E-state index contributed by atoms with van der Waals surface area (Å²) >= 11 is 1.25. The van der Waals surface area contributed by atoms with E-state index in [4.69, 9.17) is 13.9 Å². The van der Waals surface area contributed by atoms with E-state index in [1.807, 2.05) is 12.1 Å². The van der Waals surface area contributed by atoms with Gasteiger partial charge in [-0.25, -0.2) is 4.79 Å². The van der Waals surface area contributed by atoms with Gasteiger partial charge in [-0.3, -0.25) is 9.59 Å². The fraction of sp³-hybridized carbons (Fsp3) is 0.250. The number of ketones is 1. The molecule has 146 valence electrons. The summed E-state index contributed by atoms with van der Waals surface area (Å²) in [5.41, 5.74) is 1.14. The molecule has 0 aliphatic rings. The van der Waals surface area contributed by atoms with Crippen molar-refractivity contribution in [1.82, 2.24) is 5.32 Å². The zero-order valence-electron chi connectivity index (χ0n) is 15.4. The number of amides is 1. The molecule has 3 rings (SSSR count). The summed E-state index contributed by atoms with van der Waals surface area (Å²) in [6.45, 7) is 1.57. The van der Waals surface area contributed by atoms with Crippen molar-refractivity contribution in [3.05, 3.63) is 57.5 Å². The van der Waals surface area contributed by atoms with Crippen molar-refractivity contribution in [2.24, 2.45) is 0 Å². The molecule has 0 saturated heterocycles. The molecule has 8 heteroatoms. The Labute approximate surface area is 165 Å². The lowest BCUT2D eigenvalue weighted by Crippen LogP contribution is -2.18. The van der Waals surface area contributed by atoms with Crippen LogP contribution in [0, 0.1) is 0 Å². The number of methoxy groups -OCH3 is 1. The van der Waals surface area contributed by atoms with Gasteiger partial charge in [0.1, 0.15) is 5.58 Å². The maximum Gasteiger partial charge on any atom is 0.375 e. The average Bonchev–Trinajstić information content (AvgIpc) is 3.30. The molecule has 0 atom stereocenters. The van der Waals surface area contributed by atoms with E-state index in [2.05, 4.69) is 5.32 Å². The lowest BCUT2D eigenvalue weighted by atomic mass is 10.1. The van der Waals surface area contributed by atoms with E-state index >= 15 is 0 Å². The Balaban J connectivity index is 1.67. The molecule has 0 radical (unpaired) electrons. The number of ether oxygens (including phenoxy) is 2. The van der Waals surface area contributed by atoms with Crippen LogP contribution in [-0.4, -0.2) is 31.4 Å². The van der Waals surface area contributed by atoms with Gasteiger partial charge in [0.25, 0.3) is 0 Å². The molecule has 0 aliphatic heterocycles. The summed E-state index contributed by atoms with van der Waals surface area (Å²) in [6, 6.07) is 10.6. The number of carbonyl (C=O) groups is 3. The van der Waals surface area contributed by atoms with E-state index < -0.39 is 12.6 Å². The van der Waals surface area contributed by atoms with Crippen molar-refractivity contribution < 1.29 is 28.3 Å². The SMILES string of the molecule is COCc1c(C(=O)OCC(=O)c2ccc(CNC(C)=O)s2)oc2ccccc12. The van der Waals surface area contributed by atoms with Gasteiger partial charge >= 0.3 is 5.97 Å². The minimum Gasteiger partial charge on any atom is -0.451 e. The molecule has 0 spiro atoms. The van der Waals surface area contributed by atoms with E-state index in [0.717, 1.165) is 10.3 Å². The summed E-state index contributed by atoms with van der Waals surface area (Å²) in [5, 5.41) is 3.43. The molecule has 0 aliphatic carbocycles. The predicted molar refractivity (Wildman–Crippen MR) is 103 cm³/mol. The first-order valence-electron chi connectivity index (χ1n) is 8.52. The van der Waals surface area contributed by atoms with Gasteiger partial charge in [-0.1, -0.05) is 18.2 Å². The standard InChI is InChI=1S/C20H19NO6S/c1-12(22)21-9-13-7-8-18(28-13)16(23)11-26-20(24)19-15(10-25-2)14-5-3-4-6-17(14)27-19/h3-8H,9-11H2,1-2H3,(H,21,22). The zero-order chi connectivity index (χ0) is 20.1. The van der Waals surface area contributed by atoms with Crippen LogP contribution in [-0.2, 0) is 27.4 Å². The van der Waals surface area contributed by atoms with Gasteiger partial charge in [0.15, 0.2) is 6.61 Å². The number of thiophene rings is 1. The Hall–Kier alpha value is -2.97. The van der Waals surface area contributed by atoms with E-state index in [9.17, 15) is 14.4 Å². The summed E-state index contributed by atoms with van der Waals surface area (Å²) in [7, 11) is 1.52. The Kier molecular flexibility index (Phi) is 6.23. The van der Waals surface area contributed by atoms with Crippen LogP contribution >= 0.6 is 11.3 Å². The average molecular weight is 401 g/mol. The number of hydrogen-bond acceptors (Lipinski definition) is 7. The number of nitrogens with one attached hydrogen (secondary N) is 1. The van der Waals surface area contributed by atoms with Gasteiger partial charge in [-0.05, 0) is 18.2 Å². The van der Waals surface area contributed by atoms with E-state index in [1.54, 1.807) is 24.3 Å². The third-order valence-corrected chi connectivity index (χ3v) is 5.08. The lowest BCUT2D eigenvalue weighted by molar-refractivity contribution is -0.119. The second-order valence-corrected chi connectivity index (χ2v) is 7.18. The van der Waals surface area contributed by atoms with Crippen molar-refractivity contribution in [2.45, 2.75) is 20.1 Å². The minimum atomic E-state index is -0.716.